The van der Waals surface area contributed by atoms with Crippen LogP contribution >= 0.6 is 27.7 Å². The number of carbonyl (C=O) groups excluding carboxylic acids is 1. The first-order valence-electron chi connectivity index (χ1n) is 6.38. The number of aryl methyl sites for hydroxylation is 1. The largest absolute Gasteiger partial charge is 0.479 e. The summed E-state index contributed by atoms with van der Waals surface area (Å²) >= 11 is 4.95. The summed E-state index contributed by atoms with van der Waals surface area (Å²) in [6.07, 6.45) is 1.40. The lowest BCUT2D eigenvalue weighted by atomic mass is 9.98. The Labute approximate surface area is 130 Å². The van der Waals surface area contributed by atoms with Crippen LogP contribution in [0.1, 0.15) is 18.4 Å². The Hall–Kier alpha value is -1.01. The van der Waals surface area contributed by atoms with E-state index in [9.17, 15) is 14.7 Å². The number of aliphatic carboxylic acids is 1. The van der Waals surface area contributed by atoms with Gasteiger partial charge in [0.25, 0.3) is 0 Å². The number of carboxylic acids is 1. The van der Waals surface area contributed by atoms with Gasteiger partial charge >= 0.3 is 5.97 Å². The van der Waals surface area contributed by atoms with E-state index in [0.29, 0.717) is 25.0 Å². The van der Waals surface area contributed by atoms with Gasteiger partial charge in [-0.2, -0.15) is 11.8 Å². The van der Waals surface area contributed by atoms with E-state index >= 15 is 0 Å². The molecule has 20 heavy (non-hydrogen) atoms. The Bertz CT molecular complexity index is 515. The molecule has 0 unspecified atom stereocenters. The van der Waals surface area contributed by atoms with Gasteiger partial charge in [-0.15, -0.1) is 0 Å². The minimum absolute atomic E-state index is 0.199. The van der Waals surface area contributed by atoms with Crippen molar-refractivity contribution in [1.29, 1.82) is 0 Å². The van der Waals surface area contributed by atoms with Crippen molar-refractivity contribution in [3.05, 3.63) is 34.3 Å². The van der Waals surface area contributed by atoms with Crippen molar-refractivity contribution in [3.63, 3.8) is 0 Å². The van der Waals surface area contributed by atoms with Crippen molar-refractivity contribution >= 4 is 39.6 Å². The smallest absolute Gasteiger partial charge is 0.330 e. The molecule has 1 saturated heterocycles. The van der Waals surface area contributed by atoms with Crippen LogP contribution in [0.4, 0.5) is 0 Å². The number of hydrogen-bond acceptors (Lipinski definition) is 3. The second-order valence-electron chi connectivity index (χ2n) is 4.87. The molecular weight excluding hydrogens is 342 g/mol. The van der Waals surface area contributed by atoms with E-state index in [1.54, 1.807) is 11.8 Å². The van der Waals surface area contributed by atoms with E-state index in [1.807, 2.05) is 24.3 Å². The fraction of sp³-hybridized carbons (Fsp3) is 0.429. The number of halogens is 1. The molecule has 1 amide bonds. The Balaban J connectivity index is 1.90. The van der Waals surface area contributed by atoms with E-state index in [4.69, 9.17) is 0 Å². The van der Waals surface area contributed by atoms with Crippen LogP contribution in [-0.2, 0) is 16.0 Å². The summed E-state index contributed by atoms with van der Waals surface area (Å²) in [4.78, 5) is 23.3. The molecule has 1 heterocycles. The third kappa shape index (κ3) is 3.76. The van der Waals surface area contributed by atoms with Gasteiger partial charge in [0.15, 0.2) is 0 Å². The zero-order valence-electron chi connectivity index (χ0n) is 10.9. The first-order valence-corrected chi connectivity index (χ1v) is 8.33. The molecule has 0 spiro atoms. The number of amides is 1. The molecule has 2 rings (SSSR count). The maximum Gasteiger partial charge on any atom is 0.330 e. The molecule has 1 aromatic carbocycles. The van der Waals surface area contributed by atoms with Crippen molar-refractivity contribution in [2.75, 3.05) is 11.5 Å². The van der Waals surface area contributed by atoms with Gasteiger partial charge < -0.3 is 10.4 Å². The first kappa shape index (κ1) is 15.4. The summed E-state index contributed by atoms with van der Waals surface area (Å²) in [6.45, 7) is 0. The third-order valence-corrected chi connectivity index (χ3v) is 5.02. The fourth-order valence-electron chi connectivity index (χ4n) is 2.17. The van der Waals surface area contributed by atoms with E-state index in [0.717, 1.165) is 15.8 Å². The van der Waals surface area contributed by atoms with Crippen molar-refractivity contribution in [3.8, 4) is 0 Å². The van der Waals surface area contributed by atoms with Crippen molar-refractivity contribution in [2.45, 2.75) is 24.8 Å². The monoisotopic (exact) mass is 357 g/mol. The highest BCUT2D eigenvalue weighted by atomic mass is 79.9. The minimum Gasteiger partial charge on any atom is -0.479 e. The number of carboxylic acid groups (broad SMARTS) is 1. The average molecular weight is 358 g/mol. The lowest BCUT2D eigenvalue weighted by Gasteiger charge is -2.24. The predicted molar refractivity (Wildman–Crippen MR) is 82.9 cm³/mol. The average Bonchev–Trinajstić information content (AvgIpc) is 2.86. The molecule has 1 fully saturated rings. The van der Waals surface area contributed by atoms with Crippen LogP contribution in [0, 0.1) is 0 Å². The molecule has 0 bridgehead atoms. The molecule has 108 valence electrons. The number of carbonyl (C=O) groups is 2. The molecule has 0 aliphatic carbocycles. The van der Waals surface area contributed by atoms with E-state index in [1.165, 1.54) is 0 Å². The van der Waals surface area contributed by atoms with Crippen LogP contribution in [-0.4, -0.2) is 34.0 Å². The number of hydrogen-bond donors (Lipinski definition) is 2. The normalized spacial score (nSPS) is 21.6. The Morgan fingerprint density at radius 3 is 2.85 bits per heavy atom. The summed E-state index contributed by atoms with van der Waals surface area (Å²) in [5, 5.41) is 12.0. The highest BCUT2D eigenvalue weighted by Gasteiger charge is 2.43. The summed E-state index contributed by atoms with van der Waals surface area (Å²) in [7, 11) is 0. The minimum atomic E-state index is -1.07. The maximum absolute atomic E-state index is 12.0. The van der Waals surface area contributed by atoms with Gasteiger partial charge in [-0.1, -0.05) is 28.1 Å². The molecule has 1 atom stereocenters. The van der Waals surface area contributed by atoms with Crippen molar-refractivity contribution in [2.24, 2.45) is 0 Å². The van der Waals surface area contributed by atoms with Gasteiger partial charge in [0.05, 0.1) is 0 Å². The second kappa shape index (κ2) is 6.63. The molecule has 1 aliphatic heterocycles. The topological polar surface area (TPSA) is 66.4 Å². The standard InChI is InChI=1S/C14H16BrNO3S/c15-11-3-1-2-10(8-11)4-5-12(17)16-14(13(18)19)6-7-20-9-14/h1-3,8H,4-7,9H2,(H,16,17)(H,18,19)/t14-/m1/s1. The van der Waals surface area contributed by atoms with Gasteiger partial charge in [0, 0.05) is 16.6 Å². The summed E-state index contributed by atoms with van der Waals surface area (Å²) in [5.74, 6) is 0.0941. The Morgan fingerprint density at radius 2 is 2.25 bits per heavy atom. The number of benzene rings is 1. The number of thioether (sulfide) groups is 1. The second-order valence-corrected chi connectivity index (χ2v) is 6.89. The summed E-state index contributed by atoms with van der Waals surface area (Å²) < 4.78 is 0.976. The van der Waals surface area contributed by atoms with Gasteiger partial charge in [-0.3, -0.25) is 4.79 Å². The predicted octanol–water partition coefficient (Wildman–Crippen LogP) is 2.46. The summed E-state index contributed by atoms with van der Waals surface area (Å²) in [6, 6.07) is 7.77. The molecule has 4 nitrogen and oxygen atoms in total. The lowest BCUT2D eigenvalue weighted by Crippen LogP contribution is -2.54. The zero-order chi connectivity index (χ0) is 14.6. The molecule has 2 N–H and O–H groups in total. The molecule has 0 saturated carbocycles. The Kier molecular flexibility index (Phi) is 5.10. The number of nitrogens with one attached hydrogen (secondary N) is 1. The van der Waals surface area contributed by atoms with Gasteiger partial charge in [0.2, 0.25) is 5.91 Å². The van der Waals surface area contributed by atoms with E-state index < -0.39 is 11.5 Å². The zero-order valence-corrected chi connectivity index (χ0v) is 13.3. The van der Waals surface area contributed by atoms with Crippen LogP contribution < -0.4 is 5.32 Å². The van der Waals surface area contributed by atoms with E-state index in [-0.39, 0.29) is 5.91 Å². The highest BCUT2D eigenvalue weighted by molar-refractivity contribution is 9.10. The van der Waals surface area contributed by atoms with Gasteiger partial charge in [-0.25, -0.2) is 4.79 Å². The highest BCUT2D eigenvalue weighted by Crippen LogP contribution is 2.28. The van der Waals surface area contributed by atoms with Crippen molar-refractivity contribution < 1.29 is 14.7 Å². The molecule has 6 heteroatoms. The molecule has 1 aromatic rings. The lowest BCUT2D eigenvalue weighted by molar-refractivity contribution is -0.146. The Morgan fingerprint density at radius 1 is 1.45 bits per heavy atom. The number of rotatable bonds is 5. The first-order chi connectivity index (χ1) is 9.52. The molecular formula is C14H16BrNO3S. The SMILES string of the molecule is O=C(CCc1cccc(Br)c1)N[C@]1(C(=O)O)CCSC1. The quantitative estimate of drug-likeness (QED) is 0.849. The van der Waals surface area contributed by atoms with Gasteiger partial charge in [-0.05, 0) is 36.3 Å². The maximum atomic E-state index is 12.0. The third-order valence-electron chi connectivity index (χ3n) is 3.34. The van der Waals surface area contributed by atoms with Crippen LogP contribution in [0.5, 0.6) is 0 Å². The van der Waals surface area contributed by atoms with E-state index in [2.05, 4.69) is 21.2 Å². The summed E-state index contributed by atoms with van der Waals surface area (Å²) in [5.41, 5.74) is -0.0151. The fourth-order valence-corrected chi connectivity index (χ4v) is 3.94. The van der Waals surface area contributed by atoms with Crippen LogP contribution in [0.15, 0.2) is 28.7 Å². The molecule has 0 radical (unpaired) electrons. The van der Waals surface area contributed by atoms with Crippen LogP contribution in [0.2, 0.25) is 0 Å². The van der Waals surface area contributed by atoms with Crippen LogP contribution in [0.3, 0.4) is 0 Å². The molecule has 0 aromatic heterocycles. The van der Waals surface area contributed by atoms with Crippen molar-refractivity contribution in [1.82, 2.24) is 5.32 Å². The van der Waals surface area contributed by atoms with Gasteiger partial charge in [0.1, 0.15) is 5.54 Å². The van der Waals surface area contributed by atoms with Crippen LogP contribution in [0.25, 0.3) is 0 Å². The molecule has 1 aliphatic rings.